The summed E-state index contributed by atoms with van der Waals surface area (Å²) in [6.07, 6.45) is 0.792. The van der Waals surface area contributed by atoms with Gasteiger partial charge in [0.15, 0.2) is 6.61 Å². The van der Waals surface area contributed by atoms with Gasteiger partial charge in [-0.2, -0.15) is 0 Å². The number of hydrogen-bond acceptors (Lipinski definition) is 4. The van der Waals surface area contributed by atoms with Crippen molar-refractivity contribution in [3.63, 3.8) is 0 Å². The fraction of sp³-hybridized carbons (Fsp3) is 0.350. The Morgan fingerprint density at radius 1 is 1.04 bits per heavy atom. The monoisotopic (exact) mass is 343 g/mol. The summed E-state index contributed by atoms with van der Waals surface area (Å²) in [7, 11) is 3.26. The first-order valence-corrected chi connectivity index (χ1v) is 8.28. The highest BCUT2D eigenvalue weighted by Crippen LogP contribution is 2.24. The molecule has 0 saturated carbocycles. The molecule has 1 amide bonds. The van der Waals surface area contributed by atoms with Crippen molar-refractivity contribution < 1.29 is 19.0 Å². The molecule has 0 fully saturated rings. The lowest BCUT2D eigenvalue weighted by molar-refractivity contribution is -0.123. The van der Waals surface area contributed by atoms with Crippen LogP contribution in [0.15, 0.2) is 42.5 Å². The second-order valence-electron chi connectivity index (χ2n) is 5.72. The first-order chi connectivity index (χ1) is 12.1. The number of carbonyl (C=O) groups is 1. The van der Waals surface area contributed by atoms with Crippen molar-refractivity contribution in [3.8, 4) is 17.2 Å². The smallest absolute Gasteiger partial charge is 0.258 e. The van der Waals surface area contributed by atoms with Crippen LogP contribution in [0.3, 0.4) is 0 Å². The Bertz CT molecular complexity index is 697. The van der Waals surface area contributed by atoms with Gasteiger partial charge >= 0.3 is 0 Å². The van der Waals surface area contributed by atoms with Gasteiger partial charge in [0.2, 0.25) is 0 Å². The van der Waals surface area contributed by atoms with Crippen LogP contribution in [0, 0.1) is 6.92 Å². The number of aryl methyl sites for hydroxylation is 1. The number of benzene rings is 2. The lowest BCUT2D eigenvalue weighted by atomic mass is 10.0. The molecule has 0 unspecified atom stereocenters. The minimum Gasteiger partial charge on any atom is -0.497 e. The Morgan fingerprint density at radius 3 is 2.28 bits per heavy atom. The molecule has 5 heteroatoms. The molecule has 0 aliphatic carbocycles. The minimum atomic E-state index is -0.156. The van der Waals surface area contributed by atoms with E-state index in [2.05, 4.69) is 5.32 Å². The van der Waals surface area contributed by atoms with Crippen molar-refractivity contribution >= 4 is 5.91 Å². The molecule has 0 aromatic heterocycles. The second-order valence-corrected chi connectivity index (χ2v) is 5.72. The Balaban J connectivity index is 1.93. The van der Waals surface area contributed by atoms with Gasteiger partial charge in [-0.1, -0.05) is 19.1 Å². The third-order valence-corrected chi connectivity index (χ3v) is 3.99. The Labute approximate surface area is 148 Å². The fourth-order valence-corrected chi connectivity index (χ4v) is 2.60. The van der Waals surface area contributed by atoms with Crippen molar-refractivity contribution in [2.75, 3.05) is 20.8 Å². The average molecular weight is 343 g/mol. The molecule has 0 radical (unpaired) electrons. The van der Waals surface area contributed by atoms with Crippen molar-refractivity contribution in [2.24, 2.45) is 0 Å². The van der Waals surface area contributed by atoms with E-state index in [0.717, 1.165) is 29.0 Å². The zero-order chi connectivity index (χ0) is 18.2. The van der Waals surface area contributed by atoms with Crippen LogP contribution in [0.4, 0.5) is 0 Å². The zero-order valence-corrected chi connectivity index (χ0v) is 15.2. The molecule has 2 aromatic carbocycles. The van der Waals surface area contributed by atoms with E-state index >= 15 is 0 Å². The van der Waals surface area contributed by atoms with Crippen molar-refractivity contribution in [1.29, 1.82) is 0 Å². The molecule has 0 spiro atoms. The van der Waals surface area contributed by atoms with E-state index in [9.17, 15) is 4.79 Å². The van der Waals surface area contributed by atoms with E-state index in [1.54, 1.807) is 38.5 Å². The number of rotatable bonds is 8. The van der Waals surface area contributed by atoms with Crippen molar-refractivity contribution in [2.45, 2.75) is 26.3 Å². The minimum absolute atomic E-state index is 0.0298. The van der Waals surface area contributed by atoms with E-state index in [1.807, 2.05) is 32.0 Å². The van der Waals surface area contributed by atoms with Crippen molar-refractivity contribution in [1.82, 2.24) is 5.32 Å². The standard InChI is InChI=1S/C20H25NO4/c1-5-18(15-6-11-19(24-4)14(2)12-15)21-20(22)13-25-17-9-7-16(23-3)8-10-17/h6-12,18H,5,13H2,1-4H3,(H,21,22)/t18-/m0/s1. The quantitative estimate of drug-likeness (QED) is 0.795. The van der Waals surface area contributed by atoms with Gasteiger partial charge in [0.25, 0.3) is 5.91 Å². The normalized spacial score (nSPS) is 11.5. The molecule has 0 aliphatic heterocycles. The molecule has 0 bridgehead atoms. The Morgan fingerprint density at radius 2 is 1.72 bits per heavy atom. The van der Waals surface area contributed by atoms with Crippen LogP contribution >= 0.6 is 0 Å². The number of amides is 1. The zero-order valence-electron chi connectivity index (χ0n) is 15.2. The third-order valence-electron chi connectivity index (χ3n) is 3.99. The van der Waals surface area contributed by atoms with Crippen LogP contribution in [0.2, 0.25) is 0 Å². The molecular formula is C20H25NO4. The highest BCUT2D eigenvalue weighted by Gasteiger charge is 2.14. The molecule has 134 valence electrons. The predicted molar refractivity (Wildman–Crippen MR) is 97.4 cm³/mol. The number of ether oxygens (including phenoxy) is 3. The second kappa shape index (κ2) is 8.97. The van der Waals surface area contributed by atoms with Gasteiger partial charge in [0.1, 0.15) is 17.2 Å². The summed E-state index contributed by atoms with van der Waals surface area (Å²) >= 11 is 0. The maximum atomic E-state index is 12.2. The molecule has 2 aromatic rings. The summed E-state index contributed by atoms with van der Waals surface area (Å²) in [4.78, 5) is 12.2. The molecular weight excluding hydrogens is 318 g/mol. The van der Waals surface area contributed by atoms with Crippen LogP contribution in [0.5, 0.6) is 17.2 Å². The SMILES string of the molecule is CC[C@H](NC(=O)COc1ccc(OC)cc1)c1ccc(OC)c(C)c1. The van der Waals surface area contributed by atoms with E-state index < -0.39 is 0 Å². The first kappa shape index (κ1) is 18.6. The van der Waals surface area contributed by atoms with Crippen LogP contribution in [0.1, 0.15) is 30.5 Å². The maximum absolute atomic E-state index is 12.2. The van der Waals surface area contributed by atoms with E-state index in [0.29, 0.717) is 5.75 Å². The molecule has 0 saturated heterocycles. The highest BCUT2D eigenvalue weighted by molar-refractivity contribution is 5.78. The Kier molecular flexibility index (Phi) is 6.69. The summed E-state index contributed by atoms with van der Waals surface area (Å²) in [5.41, 5.74) is 2.10. The largest absolute Gasteiger partial charge is 0.497 e. The van der Waals surface area contributed by atoms with Crippen molar-refractivity contribution in [3.05, 3.63) is 53.6 Å². The maximum Gasteiger partial charge on any atom is 0.258 e. The van der Waals surface area contributed by atoms with Gasteiger partial charge in [-0.15, -0.1) is 0 Å². The summed E-state index contributed by atoms with van der Waals surface area (Å²) in [6, 6.07) is 13.0. The molecule has 2 rings (SSSR count). The predicted octanol–water partition coefficient (Wildman–Crippen LogP) is 3.66. The highest BCUT2D eigenvalue weighted by atomic mass is 16.5. The lowest BCUT2D eigenvalue weighted by Gasteiger charge is -2.19. The topological polar surface area (TPSA) is 56.8 Å². The van der Waals surface area contributed by atoms with E-state index in [4.69, 9.17) is 14.2 Å². The molecule has 0 heterocycles. The number of methoxy groups -OCH3 is 2. The third kappa shape index (κ3) is 5.14. The van der Waals surface area contributed by atoms with Crippen LogP contribution in [-0.2, 0) is 4.79 Å². The molecule has 0 aliphatic rings. The molecule has 25 heavy (non-hydrogen) atoms. The molecule has 5 nitrogen and oxygen atoms in total. The van der Waals surface area contributed by atoms with Gasteiger partial charge in [-0.3, -0.25) is 4.79 Å². The van der Waals surface area contributed by atoms with Crippen LogP contribution in [-0.4, -0.2) is 26.7 Å². The van der Waals surface area contributed by atoms with Crippen LogP contribution in [0.25, 0.3) is 0 Å². The Hall–Kier alpha value is -2.69. The fourth-order valence-electron chi connectivity index (χ4n) is 2.60. The average Bonchev–Trinajstić information content (AvgIpc) is 2.64. The lowest BCUT2D eigenvalue weighted by Crippen LogP contribution is -2.32. The number of hydrogen-bond donors (Lipinski definition) is 1. The van der Waals surface area contributed by atoms with Gasteiger partial charge in [0.05, 0.1) is 20.3 Å². The number of nitrogens with one attached hydrogen (secondary N) is 1. The molecule has 1 N–H and O–H groups in total. The van der Waals surface area contributed by atoms with E-state index in [-0.39, 0.29) is 18.6 Å². The van der Waals surface area contributed by atoms with Crippen LogP contribution < -0.4 is 19.5 Å². The molecule has 1 atom stereocenters. The summed E-state index contributed by atoms with van der Waals surface area (Å²) < 4.78 is 15.9. The summed E-state index contributed by atoms with van der Waals surface area (Å²) in [5, 5.41) is 3.01. The van der Waals surface area contributed by atoms with E-state index in [1.165, 1.54) is 0 Å². The van der Waals surface area contributed by atoms with Gasteiger partial charge in [-0.25, -0.2) is 0 Å². The summed E-state index contributed by atoms with van der Waals surface area (Å²) in [6.45, 7) is 4.00. The first-order valence-electron chi connectivity index (χ1n) is 8.28. The summed E-state index contributed by atoms with van der Waals surface area (Å²) in [5.74, 6) is 2.06. The van der Waals surface area contributed by atoms with Gasteiger partial charge < -0.3 is 19.5 Å². The van der Waals surface area contributed by atoms with Gasteiger partial charge in [-0.05, 0) is 54.8 Å². The number of carbonyl (C=O) groups excluding carboxylic acids is 1. The van der Waals surface area contributed by atoms with Gasteiger partial charge in [0, 0.05) is 0 Å².